The zero-order chi connectivity index (χ0) is 21.3. The molecule has 2 aliphatic heterocycles. The Morgan fingerprint density at radius 1 is 1.13 bits per heavy atom. The zero-order valence-corrected chi connectivity index (χ0v) is 17.7. The van der Waals surface area contributed by atoms with Crippen molar-refractivity contribution in [3.8, 4) is 17.2 Å². The van der Waals surface area contributed by atoms with Gasteiger partial charge in [0.2, 0.25) is 0 Å². The predicted molar refractivity (Wildman–Crippen MR) is 113 cm³/mol. The third kappa shape index (κ3) is 3.99. The molecule has 2 heterocycles. The molecule has 2 aromatic rings. The van der Waals surface area contributed by atoms with E-state index in [9.17, 15) is 9.59 Å². The number of methoxy groups -OCH3 is 1. The van der Waals surface area contributed by atoms with Gasteiger partial charge in [-0.15, -0.1) is 0 Å². The molecular weight excluding hydrogens is 382 g/mol. The Labute approximate surface area is 176 Å². The van der Waals surface area contributed by atoms with Crippen LogP contribution in [-0.4, -0.2) is 49.0 Å². The molecule has 6 heteroatoms. The number of piperidine rings is 1. The van der Waals surface area contributed by atoms with Gasteiger partial charge in [-0.05, 0) is 43.7 Å². The Hall–Kier alpha value is -3.02. The normalized spacial score (nSPS) is 17.3. The van der Waals surface area contributed by atoms with E-state index in [1.54, 1.807) is 30.2 Å². The summed E-state index contributed by atoms with van der Waals surface area (Å²) in [7, 11) is 1.58. The third-order valence-electron chi connectivity index (χ3n) is 6.01. The summed E-state index contributed by atoms with van der Waals surface area (Å²) in [5.41, 5.74) is 2.21. The molecule has 1 fully saturated rings. The van der Waals surface area contributed by atoms with E-state index in [-0.39, 0.29) is 18.3 Å². The number of rotatable bonds is 4. The average Bonchev–Trinajstić information content (AvgIpc) is 2.73. The number of hydrogen-bond donors (Lipinski definition) is 0. The first kappa shape index (κ1) is 20.3. The van der Waals surface area contributed by atoms with Crippen LogP contribution in [0, 0.1) is 13.8 Å². The molecule has 0 unspecified atom stereocenters. The zero-order valence-electron chi connectivity index (χ0n) is 17.7. The Kier molecular flexibility index (Phi) is 5.41. The number of amides is 1. The summed E-state index contributed by atoms with van der Waals surface area (Å²) in [5, 5.41) is 0. The van der Waals surface area contributed by atoms with Gasteiger partial charge in [0.05, 0.1) is 19.1 Å². The van der Waals surface area contributed by atoms with Gasteiger partial charge in [0.15, 0.2) is 12.4 Å². The molecule has 0 saturated carbocycles. The van der Waals surface area contributed by atoms with Gasteiger partial charge < -0.3 is 19.1 Å². The van der Waals surface area contributed by atoms with Gasteiger partial charge >= 0.3 is 0 Å². The minimum atomic E-state index is -0.538. The topological polar surface area (TPSA) is 65.1 Å². The van der Waals surface area contributed by atoms with Crippen LogP contribution >= 0.6 is 0 Å². The molecule has 0 radical (unpaired) electrons. The van der Waals surface area contributed by atoms with Crippen molar-refractivity contribution in [3.63, 3.8) is 0 Å². The first-order chi connectivity index (χ1) is 14.4. The standard InChI is InChI=1S/C24H27NO5/c1-16-4-6-21(17(2)12-16)29-15-23(27)25-10-8-24(9-11-25)14-20(26)19-13-18(28-3)5-7-22(19)30-24/h4-7,12-13H,8-11,14-15H2,1-3H3. The number of fused-ring (bicyclic) bond motifs is 1. The number of ether oxygens (including phenoxy) is 3. The lowest BCUT2D eigenvalue weighted by atomic mass is 9.82. The lowest BCUT2D eigenvalue weighted by molar-refractivity contribution is -0.136. The summed E-state index contributed by atoms with van der Waals surface area (Å²) in [4.78, 5) is 27.2. The summed E-state index contributed by atoms with van der Waals surface area (Å²) >= 11 is 0. The second kappa shape index (κ2) is 8.01. The van der Waals surface area contributed by atoms with E-state index in [0.717, 1.165) is 16.9 Å². The van der Waals surface area contributed by atoms with Gasteiger partial charge in [-0.25, -0.2) is 0 Å². The first-order valence-corrected chi connectivity index (χ1v) is 10.3. The smallest absolute Gasteiger partial charge is 0.260 e. The number of Topliss-reactive ketones (excluding diaryl/α,β-unsaturated/α-hetero) is 1. The number of aryl methyl sites for hydroxylation is 2. The summed E-state index contributed by atoms with van der Waals surface area (Å²) in [6.45, 7) is 5.11. The number of hydrogen-bond acceptors (Lipinski definition) is 5. The first-order valence-electron chi connectivity index (χ1n) is 10.3. The predicted octanol–water partition coefficient (Wildman–Crippen LogP) is 3.72. The van der Waals surface area contributed by atoms with Crippen molar-refractivity contribution in [2.45, 2.75) is 38.7 Å². The van der Waals surface area contributed by atoms with E-state index in [0.29, 0.717) is 49.4 Å². The fourth-order valence-corrected chi connectivity index (χ4v) is 4.23. The third-order valence-corrected chi connectivity index (χ3v) is 6.01. The number of carbonyl (C=O) groups is 2. The van der Waals surface area contributed by atoms with Crippen LogP contribution in [0.5, 0.6) is 17.2 Å². The Balaban J connectivity index is 1.36. The molecule has 4 rings (SSSR count). The van der Waals surface area contributed by atoms with E-state index in [1.807, 2.05) is 32.0 Å². The van der Waals surface area contributed by atoms with Crippen molar-refractivity contribution in [1.82, 2.24) is 4.90 Å². The van der Waals surface area contributed by atoms with E-state index in [2.05, 4.69) is 0 Å². The molecule has 0 atom stereocenters. The van der Waals surface area contributed by atoms with Crippen LogP contribution in [-0.2, 0) is 4.79 Å². The minimum Gasteiger partial charge on any atom is -0.497 e. The monoisotopic (exact) mass is 409 g/mol. The van der Waals surface area contributed by atoms with E-state index < -0.39 is 5.60 Å². The lowest BCUT2D eigenvalue weighted by Crippen LogP contribution is -2.53. The van der Waals surface area contributed by atoms with Gasteiger partial charge in [-0.1, -0.05) is 17.7 Å². The van der Waals surface area contributed by atoms with Gasteiger partial charge in [-0.3, -0.25) is 9.59 Å². The SMILES string of the molecule is COc1ccc2c(c1)C(=O)CC1(CCN(C(=O)COc3ccc(C)cc3C)CC1)O2. The van der Waals surface area contributed by atoms with Crippen LogP contribution in [0.25, 0.3) is 0 Å². The summed E-state index contributed by atoms with van der Waals surface area (Å²) in [6.07, 6.45) is 1.58. The summed E-state index contributed by atoms with van der Waals surface area (Å²) < 4.78 is 17.2. The van der Waals surface area contributed by atoms with Crippen molar-refractivity contribution in [1.29, 1.82) is 0 Å². The molecule has 1 saturated heterocycles. The molecule has 158 valence electrons. The molecule has 2 aliphatic rings. The van der Waals surface area contributed by atoms with Crippen molar-refractivity contribution in [2.24, 2.45) is 0 Å². The van der Waals surface area contributed by atoms with Crippen LogP contribution < -0.4 is 14.2 Å². The van der Waals surface area contributed by atoms with E-state index in [4.69, 9.17) is 14.2 Å². The molecular formula is C24H27NO5. The highest BCUT2D eigenvalue weighted by Gasteiger charge is 2.43. The Morgan fingerprint density at radius 3 is 2.60 bits per heavy atom. The van der Waals surface area contributed by atoms with Crippen molar-refractivity contribution in [2.75, 3.05) is 26.8 Å². The maximum atomic E-state index is 12.7. The number of likely N-dealkylation sites (tertiary alicyclic amines) is 1. The van der Waals surface area contributed by atoms with Crippen LogP contribution in [0.15, 0.2) is 36.4 Å². The highest BCUT2D eigenvalue weighted by molar-refractivity contribution is 6.00. The molecule has 30 heavy (non-hydrogen) atoms. The van der Waals surface area contributed by atoms with Gasteiger partial charge in [-0.2, -0.15) is 0 Å². The fourth-order valence-electron chi connectivity index (χ4n) is 4.23. The molecule has 2 aromatic carbocycles. The van der Waals surface area contributed by atoms with Crippen LogP contribution in [0.4, 0.5) is 0 Å². The quantitative estimate of drug-likeness (QED) is 0.770. The number of benzene rings is 2. The molecule has 6 nitrogen and oxygen atoms in total. The Bertz CT molecular complexity index is 976. The number of nitrogens with zero attached hydrogens (tertiary/aromatic N) is 1. The van der Waals surface area contributed by atoms with E-state index in [1.165, 1.54) is 0 Å². The maximum absolute atomic E-state index is 12.7. The van der Waals surface area contributed by atoms with Gasteiger partial charge in [0.25, 0.3) is 5.91 Å². The van der Waals surface area contributed by atoms with Crippen LogP contribution in [0.2, 0.25) is 0 Å². The average molecular weight is 409 g/mol. The maximum Gasteiger partial charge on any atom is 0.260 e. The van der Waals surface area contributed by atoms with Gasteiger partial charge in [0, 0.05) is 25.9 Å². The number of ketones is 1. The Morgan fingerprint density at radius 2 is 1.90 bits per heavy atom. The van der Waals surface area contributed by atoms with Crippen molar-refractivity contribution >= 4 is 11.7 Å². The summed E-state index contributed by atoms with van der Waals surface area (Å²) in [5.74, 6) is 2.00. The fraction of sp³-hybridized carbons (Fsp3) is 0.417. The molecule has 0 bridgehead atoms. The molecule has 1 amide bonds. The van der Waals surface area contributed by atoms with Crippen molar-refractivity contribution in [3.05, 3.63) is 53.1 Å². The minimum absolute atomic E-state index is 0.0132. The second-order valence-electron chi connectivity index (χ2n) is 8.19. The van der Waals surface area contributed by atoms with Crippen LogP contribution in [0.3, 0.4) is 0 Å². The number of carbonyl (C=O) groups excluding carboxylic acids is 2. The van der Waals surface area contributed by atoms with Gasteiger partial charge in [0.1, 0.15) is 22.8 Å². The highest BCUT2D eigenvalue weighted by Crippen LogP contribution is 2.40. The largest absolute Gasteiger partial charge is 0.497 e. The molecule has 1 spiro atoms. The molecule has 0 aromatic heterocycles. The highest BCUT2D eigenvalue weighted by atomic mass is 16.5. The second-order valence-corrected chi connectivity index (χ2v) is 8.19. The van der Waals surface area contributed by atoms with Crippen molar-refractivity contribution < 1.29 is 23.8 Å². The lowest BCUT2D eigenvalue weighted by Gasteiger charge is -2.43. The molecule has 0 aliphatic carbocycles. The van der Waals surface area contributed by atoms with E-state index >= 15 is 0 Å². The summed E-state index contributed by atoms with van der Waals surface area (Å²) in [6, 6.07) is 11.2. The van der Waals surface area contributed by atoms with Crippen LogP contribution in [0.1, 0.15) is 40.7 Å². The molecule has 0 N–H and O–H groups in total.